The summed E-state index contributed by atoms with van der Waals surface area (Å²) < 4.78 is -0.519. The molecule has 2 aliphatic rings. The van der Waals surface area contributed by atoms with Crippen molar-refractivity contribution in [2.75, 3.05) is 18.6 Å². The van der Waals surface area contributed by atoms with Crippen LogP contribution in [0.3, 0.4) is 0 Å². The van der Waals surface area contributed by atoms with Gasteiger partial charge in [0.2, 0.25) is 11.7 Å². The fraction of sp³-hybridized carbons (Fsp3) is 0.267. The second-order valence-electron chi connectivity index (χ2n) is 5.55. The number of aliphatic carboxylic acids is 1. The fourth-order valence-electron chi connectivity index (χ4n) is 3.04. The molecule has 0 radical (unpaired) electrons. The summed E-state index contributed by atoms with van der Waals surface area (Å²) in [7, 11) is 1.28. The second kappa shape index (κ2) is 7.13. The van der Waals surface area contributed by atoms with E-state index in [1.165, 1.54) is 37.3 Å². The number of hydrogen-bond acceptors (Lipinski definition) is 9. The molecule has 0 aromatic carbocycles. The maximum Gasteiger partial charge on any atom is 0.391 e. The molecule has 1 fully saturated rings. The highest BCUT2D eigenvalue weighted by molar-refractivity contribution is 8.00. The third kappa shape index (κ3) is 2.91. The minimum Gasteiger partial charge on any atom is -0.474 e. The van der Waals surface area contributed by atoms with Gasteiger partial charge in [0.15, 0.2) is 16.2 Å². The molecular weight excluding hydrogens is 394 g/mol. The van der Waals surface area contributed by atoms with Gasteiger partial charge in [-0.3, -0.25) is 4.79 Å². The number of nitrogens with two attached hydrogens (primary N) is 1. The number of thiazole rings is 1. The zero-order chi connectivity index (χ0) is 19.8. The van der Waals surface area contributed by atoms with E-state index in [-0.39, 0.29) is 16.5 Å². The molecule has 0 aliphatic carbocycles. The number of thioether (sulfide) groups is 1. The summed E-state index contributed by atoms with van der Waals surface area (Å²) in [6, 6.07) is -0.893. The standard InChI is InChI=1S/C15H15N5O5S2/c1-3-20-7(14(23)24)4-5-26-13(20)10(12(20)22)18-11(21)9(19-25-2)8-6-17-15(16)27-8/h3-4,6,10,13H,1,5H2,2H3,(H3-,16,17,18,19,21,23,24)/p+1/t10?,13-,20?/m0/s1. The number of rotatable bonds is 6. The monoisotopic (exact) mass is 410 g/mol. The van der Waals surface area contributed by atoms with Crippen molar-refractivity contribution in [1.82, 2.24) is 10.3 Å². The van der Waals surface area contributed by atoms with Crippen LogP contribution in [0.1, 0.15) is 4.88 Å². The molecule has 0 saturated carbocycles. The molecule has 2 amide bonds. The predicted molar refractivity (Wildman–Crippen MR) is 99.4 cm³/mol. The lowest BCUT2D eigenvalue weighted by Gasteiger charge is -2.51. The molecule has 3 atom stereocenters. The first-order chi connectivity index (χ1) is 12.9. The van der Waals surface area contributed by atoms with Crippen LogP contribution < -0.4 is 11.1 Å². The number of carbonyl (C=O) groups is 3. The number of β-lactam (4-membered cyclic amide) rings is 1. The number of carboxylic acids is 1. The summed E-state index contributed by atoms with van der Waals surface area (Å²) >= 11 is 2.41. The van der Waals surface area contributed by atoms with E-state index in [1.807, 2.05) is 0 Å². The van der Waals surface area contributed by atoms with E-state index in [2.05, 4.69) is 22.0 Å². The SMILES string of the molecule is C=C[N+]12C(=O)C(NC(=O)C(=NOC)c3cnc(N)s3)[C@@H]1SCC=C2C(=O)O. The van der Waals surface area contributed by atoms with Gasteiger partial charge in [-0.25, -0.2) is 14.6 Å². The molecule has 27 heavy (non-hydrogen) atoms. The third-order valence-corrected chi connectivity index (χ3v) is 6.35. The lowest BCUT2D eigenvalue weighted by Crippen LogP contribution is -2.79. The number of aromatic nitrogens is 1. The normalized spacial score (nSPS) is 27.1. The average molecular weight is 410 g/mol. The summed E-state index contributed by atoms with van der Waals surface area (Å²) in [5.74, 6) is -1.91. The Bertz CT molecular complexity index is 895. The van der Waals surface area contributed by atoms with Crippen molar-refractivity contribution >= 4 is 51.7 Å². The summed E-state index contributed by atoms with van der Waals surface area (Å²) in [4.78, 5) is 45.9. The number of nitrogen functional groups attached to an aromatic ring is 1. The Hall–Kier alpha value is -2.70. The first-order valence-electron chi connectivity index (χ1n) is 7.62. The average Bonchev–Trinajstić information content (AvgIpc) is 3.08. The van der Waals surface area contributed by atoms with Crippen molar-refractivity contribution in [3.05, 3.63) is 35.6 Å². The van der Waals surface area contributed by atoms with Crippen molar-refractivity contribution in [1.29, 1.82) is 0 Å². The van der Waals surface area contributed by atoms with Crippen molar-refractivity contribution in [2.24, 2.45) is 5.16 Å². The Labute approximate surface area is 162 Å². The van der Waals surface area contributed by atoms with Crippen LogP contribution >= 0.6 is 23.1 Å². The fourth-order valence-corrected chi connectivity index (χ4v) is 5.07. The van der Waals surface area contributed by atoms with E-state index >= 15 is 0 Å². The third-order valence-electron chi connectivity index (χ3n) is 4.21. The topological polar surface area (TPSA) is 144 Å². The van der Waals surface area contributed by atoms with E-state index in [1.54, 1.807) is 0 Å². The summed E-state index contributed by atoms with van der Waals surface area (Å²) in [5.41, 5.74) is 5.45. The smallest absolute Gasteiger partial charge is 0.391 e. The Morgan fingerprint density at radius 1 is 1.59 bits per heavy atom. The number of oxime groups is 1. The molecule has 0 bridgehead atoms. The molecule has 142 valence electrons. The van der Waals surface area contributed by atoms with E-state index in [9.17, 15) is 19.5 Å². The Morgan fingerprint density at radius 2 is 2.33 bits per heavy atom. The number of amides is 2. The number of carbonyl (C=O) groups excluding carboxylic acids is 2. The first-order valence-corrected chi connectivity index (χ1v) is 9.49. The number of nitrogens with one attached hydrogen (secondary N) is 1. The van der Waals surface area contributed by atoms with Gasteiger partial charge in [0, 0.05) is 11.9 Å². The zero-order valence-electron chi connectivity index (χ0n) is 14.1. The number of fused-ring (bicyclic) bond motifs is 1. The molecule has 10 nitrogen and oxygen atoms in total. The van der Waals surface area contributed by atoms with Crippen LogP contribution in [0.5, 0.6) is 0 Å². The van der Waals surface area contributed by atoms with Crippen LogP contribution in [0, 0.1) is 0 Å². The van der Waals surface area contributed by atoms with Gasteiger partial charge in [-0.2, -0.15) is 4.48 Å². The minimum atomic E-state index is -1.19. The van der Waals surface area contributed by atoms with E-state index < -0.39 is 33.7 Å². The molecule has 4 N–H and O–H groups in total. The van der Waals surface area contributed by atoms with Gasteiger partial charge in [-0.15, -0.1) is 0 Å². The Morgan fingerprint density at radius 3 is 2.89 bits per heavy atom. The van der Waals surface area contributed by atoms with Crippen LogP contribution in [0.4, 0.5) is 5.13 Å². The second-order valence-corrected chi connectivity index (χ2v) is 7.76. The number of nitrogens with zero attached hydrogens (tertiary/aromatic N) is 3. The molecule has 1 saturated heterocycles. The molecule has 3 heterocycles. The van der Waals surface area contributed by atoms with Crippen LogP contribution in [0.15, 0.2) is 35.9 Å². The zero-order valence-corrected chi connectivity index (χ0v) is 15.7. The van der Waals surface area contributed by atoms with E-state index in [4.69, 9.17) is 10.6 Å². The van der Waals surface area contributed by atoms with E-state index in [0.717, 1.165) is 11.3 Å². The van der Waals surface area contributed by atoms with Gasteiger partial charge in [0.05, 0.1) is 4.88 Å². The van der Waals surface area contributed by atoms with Crippen molar-refractivity contribution in [3.63, 3.8) is 0 Å². The molecule has 2 unspecified atom stereocenters. The van der Waals surface area contributed by atoms with Crippen LogP contribution in [0.25, 0.3) is 0 Å². The van der Waals surface area contributed by atoms with Gasteiger partial charge in [0.25, 0.3) is 5.91 Å². The van der Waals surface area contributed by atoms with Crippen LogP contribution in [-0.4, -0.2) is 62.3 Å². The molecular formula is C15H16N5O5S2+. The first kappa shape index (κ1) is 19.1. The van der Waals surface area contributed by atoms with Gasteiger partial charge < -0.3 is 21.0 Å². The van der Waals surface area contributed by atoms with Gasteiger partial charge in [-0.05, 0) is 12.7 Å². The summed E-state index contributed by atoms with van der Waals surface area (Å²) in [6.07, 6.45) is 4.15. The lowest BCUT2D eigenvalue weighted by atomic mass is 9.99. The van der Waals surface area contributed by atoms with Crippen molar-refractivity contribution in [2.45, 2.75) is 11.4 Å². The molecule has 1 aromatic heterocycles. The van der Waals surface area contributed by atoms with Gasteiger partial charge in [-0.1, -0.05) is 28.3 Å². The number of quaternary nitrogens is 1. The largest absolute Gasteiger partial charge is 0.474 e. The van der Waals surface area contributed by atoms with Crippen molar-refractivity contribution in [3.8, 4) is 0 Å². The quantitative estimate of drug-likeness (QED) is 0.259. The Balaban J connectivity index is 1.85. The highest BCUT2D eigenvalue weighted by Crippen LogP contribution is 2.46. The van der Waals surface area contributed by atoms with E-state index in [0.29, 0.717) is 10.6 Å². The molecule has 3 rings (SSSR count). The molecule has 0 spiro atoms. The summed E-state index contributed by atoms with van der Waals surface area (Å²) in [5, 5.41) is 15.5. The maximum absolute atomic E-state index is 12.8. The van der Waals surface area contributed by atoms with Crippen LogP contribution in [-0.2, 0) is 19.2 Å². The molecule has 2 aliphatic heterocycles. The Kier molecular flexibility index (Phi) is 5.04. The lowest BCUT2D eigenvalue weighted by molar-refractivity contribution is -0.803. The van der Waals surface area contributed by atoms with Gasteiger partial charge in [0.1, 0.15) is 13.3 Å². The predicted octanol–water partition coefficient (Wildman–Crippen LogP) is 0.103. The number of carboxylic acid groups (broad SMARTS) is 1. The van der Waals surface area contributed by atoms with Crippen LogP contribution in [0.2, 0.25) is 0 Å². The van der Waals surface area contributed by atoms with Crippen molar-refractivity contribution < 1.29 is 28.8 Å². The highest BCUT2D eigenvalue weighted by Gasteiger charge is 2.68. The minimum absolute atomic E-state index is 0.0646. The number of hydrogen-bond donors (Lipinski definition) is 3. The number of anilines is 1. The molecule has 12 heteroatoms. The van der Waals surface area contributed by atoms with Gasteiger partial charge >= 0.3 is 11.9 Å². The highest BCUT2D eigenvalue weighted by atomic mass is 32.2. The molecule has 1 aromatic rings. The summed E-state index contributed by atoms with van der Waals surface area (Å²) in [6.45, 7) is 3.63. The maximum atomic E-state index is 12.8.